The smallest absolute Gasteiger partial charge is 0.339 e. The van der Waals surface area contributed by atoms with E-state index < -0.39 is 23.3 Å². The molecule has 2 aromatic rings. The van der Waals surface area contributed by atoms with Gasteiger partial charge in [-0.1, -0.05) is 52.2 Å². The van der Waals surface area contributed by atoms with E-state index in [0.29, 0.717) is 30.8 Å². The van der Waals surface area contributed by atoms with Crippen molar-refractivity contribution in [2.24, 2.45) is 0 Å². The molecule has 0 saturated heterocycles. The number of aromatic hydroxyl groups is 2. The molecule has 0 radical (unpaired) electrons. The maximum absolute atomic E-state index is 13.3. The van der Waals surface area contributed by atoms with Gasteiger partial charge in [0.05, 0.1) is 5.57 Å². The molecule has 0 aliphatic heterocycles. The van der Waals surface area contributed by atoms with Crippen molar-refractivity contribution in [2.45, 2.75) is 120 Å². The fourth-order valence-electron chi connectivity index (χ4n) is 6.37. The van der Waals surface area contributed by atoms with Gasteiger partial charge in [0.1, 0.15) is 34.3 Å². The van der Waals surface area contributed by atoms with E-state index in [1.807, 2.05) is 52.0 Å². The maximum Gasteiger partial charge on any atom is 0.339 e. The molecule has 8 heteroatoms. The van der Waals surface area contributed by atoms with Crippen molar-refractivity contribution >= 4 is 29.2 Å². The number of hydrogen-bond donors (Lipinski definition) is 4. The Hall–Kier alpha value is -5.11. The summed E-state index contributed by atoms with van der Waals surface area (Å²) in [6.07, 6.45) is 15.9. The van der Waals surface area contributed by atoms with Crippen molar-refractivity contribution in [3.05, 3.63) is 115 Å². The average Bonchev–Trinajstić information content (AvgIpc) is 3.43. The SMILES string of the molecule is CC(C)=CCC/C(C)=C/CC/C(C)=C/CC1=C(O)C(c2oc(C=C(C)C)cc2CCC/C(C)=C/Cc2c(O)cc(C)c(C(=O)O)c2O)=C(C)C(=O)C1=O. The zero-order chi connectivity index (χ0) is 39.6. The summed E-state index contributed by atoms with van der Waals surface area (Å²) in [5.41, 5.74) is 7.09. The summed E-state index contributed by atoms with van der Waals surface area (Å²) in [4.78, 5) is 38.1. The Bertz CT molecular complexity index is 1960. The molecule has 0 bridgehead atoms. The van der Waals surface area contributed by atoms with Gasteiger partial charge >= 0.3 is 5.97 Å². The molecule has 8 nitrogen and oxygen atoms in total. The Balaban J connectivity index is 1.83. The lowest BCUT2D eigenvalue weighted by atomic mass is 9.85. The summed E-state index contributed by atoms with van der Waals surface area (Å²) in [6.45, 7) is 17.2. The van der Waals surface area contributed by atoms with Gasteiger partial charge in [0.25, 0.3) is 0 Å². The number of carbonyl (C=O) groups excluding carboxylic acids is 2. The fraction of sp³-hybridized carbons (Fsp3) is 0.400. The first-order chi connectivity index (χ1) is 24.9. The van der Waals surface area contributed by atoms with E-state index in [0.717, 1.165) is 48.0 Å². The molecule has 1 aliphatic rings. The summed E-state index contributed by atoms with van der Waals surface area (Å²) in [5, 5.41) is 42.1. The number of phenolic OH excluding ortho intramolecular Hbond substituents is 1. The van der Waals surface area contributed by atoms with Crippen LogP contribution in [0.5, 0.6) is 11.5 Å². The van der Waals surface area contributed by atoms with Crippen LogP contribution in [-0.4, -0.2) is 38.0 Å². The number of carboxylic acids is 1. The van der Waals surface area contributed by atoms with Crippen LogP contribution in [0.4, 0.5) is 0 Å². The molecule has 0 amide bonds. The maximum atomic E-state index is 13.3. The van der Waals surface area contributed by atoms with Crippen LogP contribution in [-0.2, 0) is 22.4 Å². The third-order valence-corrected chi connectivity index (χ3v) is 9.45. The van der Waals surface area contributed by atoms with Gasteiger partial charge in [-0.2, -0.15) is 0 Å². The topological polar surface area (TPSA) is 145 Å². The predicted octanol–water partition coefficient (Wildman–Crippen LogP) is 11.2. The fourth-order valence-corrected chi connectivity index (χ4v) is 6.37. The second-order valence-electron chi connectivity index (χ2n) is 14.7. The van der Waals surface area contributed by atoms with E-state index in [1.54, 1.807) is 6.92 Å². The Kier molecular flexibility index (Phi) is 15.3. The van der Waals surface area contributed by atoms with Gasteiger partial charge in [-0.25, -0.2) is 4.79 Å². The van der Waals surface area contributed by atoms with Crippen LogP contribution in [0, 0.1) is 6.92 Å². The highest BCUT2D eigenvalue weighted by Crippen LogP contribution is 2.38. The lowest BCUT2D eigenvalue weighted by molar-refractivity contribution is -0.132. The third-order valence-electron chi connectivity index (χ3n) is 9.45. The highest BCUT2D eigenvalue weighted by atomic mass is 16.4. The van der Waals surface area contributed by atoms with Crippen LogP contribution < -0.4 is 0 Å². The second-order valence-corrected chi connectivity index (χ2v) is 14.7. The van der Waals surface area contributed by atoms with E-state index in [4.69, 9.17) is 4.42 Å². The number of carboxylic acid groups (broad SMARTS) is 1. The zero-order valence-electron chi connectivity index (χ0n) is 32.8. The van der Waals surface area contributed by atoms with Gasteiger partial charge in [-0.3, -0.25) is 9.59 Å². The number of aromatic carboxylic acids is 1. The van der Waals surface area contributed by atoms with Crippen molar-refractivity contribution in [1.29, 1.82) is 0 Å². The van der Waals surface area contributed by atoms with E-state index in [9.17, 15) is 34.8 Å². The quantitative estimate of drug-likeness (QED) is 0.0716. The number of aliphatic hydroxyl groups is 1. The third kappa shape index (κ3) is 11.4. The number of furan rings is 1. The number of carbonyl (C=O) groups is 3. The molecule has 0 atom stereocenters. The summed E-state index contributed by atoms with van der Waals surface area (Å²) in [7, 11) is 0. The zero-order valence-corrected chi connectivity index (χ0v) is 32.8. The molecule has 0 spiro atoms. The summed E-state index contributed by atoms with van der Waals surface area (Å²) >= 11 is 0. The van der Waals surface area contributed by atoms with E-state index in [-0.39, 0.29) is 57.8 Å². The normalized spacial score (nSPS) is 14.3. The molecule has 0 unspecified atom stereocenters. The van der Waals surface area contributed by atoms with Gasteiger partial charge in [0, 0.05) is 16.7 Å². The van der Waals surface area contributed by atoms with Crippen molar-refractivity contribution in [1.82, 2.24) is 0 Å². The molecular formula is C45H56O8. The highest BCUT2D eigenvalue weighted by Gasteiger charge is 2.35. The minimum absolute atomic E-state index is 0.0574. The van der Waals surface area contributed by atoms with Crippen molar-refractivity contribution in [2.75, 3.05) is 0 Å². The number of Topliss-reactive ketones (excluding diaryl/α,β-unsaturated/α-hetero) is 2. The number of hydrogen-bond acceptors (Lipinski definition) is 7. The van der Waals surface area contributed by atoms with Crippen LogP contribution in [0.1, 0.15) is 139 Å². The molecule has 3 rings (SSSR count). The minimum atomic E-state index is -1.26. The summed E-state index contributed by atoms with van der Waals surface area (Å²) in [6, 6.07) is 3.23. The summed E-state index contributed by atoms with van der Waals surface area (Å²) in [5.74, 6) is -2.55. The van der Waals surface area contributed by atoms with Crippen molar-refractivity contribution in [3.63, 3.8) is 0 Å². The number of rotatable bonds is 17. The lowest BCUT2D eigenvalue weighted by Crippen LogP contribution is -2.25. The van der Waals surface area contributed by atoms with Gasteiger partial charge in [-0.05, 0) is 149 Å². The Morgan fingerprint density at radius 2 is 1.36 bits per heavy atom. The number of phenols is 2. The molecule has 0 saturated carbocycles. The van der Waals surface area contributed by atoms with Gasteiger partial charge in [0.2, 0.25) is 11.6 Å². The van der Waals surface area contributed by atoms with E-state index >= 15 is 0 Å². The monoisotopic (exact) mass is 724 g/mol. The van der Waals surface area contributed by atoms with E-state index in [1.165, 1.54) is 24.1 Å². The molecule has 1 aromatic heterocycles. The van der Waals surface area contributed by atoms with E-state index in [2.05, 4.69) is 32.9 Å². The van der Waals surface area contributed by atoms with Crippen LogP contribution in [0.3, 0.4) is 0 Å². The minimum Gasteiger partial charge on any atom is -0.508 e. The molecule has 53 heavy (non-hydrogen) atoms. The van der Waals surface area contributed by atoms with Gasteiger partial charge in [0.15, 0.2) is 0 Å². The molecule has 1 aromatic carbocycles. The number of aryl methyl sites for hydroxylation is 2. The number of benzene rings is 1. The molecular weight excluding hydrogens is 668 g/mol. The van der Waals surface area contributed by atoms with Crippen LogP contribution >= 0.6 is 0 Å². The first kappa shape index (κ1) is 42.3. The number of ketones is 2. The number of allylic oxidation sites excluding steroid dienone is 12. The predicted molar refractivity (Wildman–Crippen MR) is 212 cm³/mol. The molecule has 0 fully saturated rings. The van der Waals surface area contributed by atoms with Crippen LogP contribution in [0.2, 0.25) is 0 Å². The Morgan fingerprint density at radius 1 is 0.755 bits per heavy atom. The highest BCUT2D eigenvalue weighted by molar-refractivity contribution is 6.52. The second kappa shape index (κ2) is 19.1. The average molecular weight is 725 g/mol. The Labute approximate surface area is 314 Å². The molecule has 1 aliphatic carbocycles. The van der Waals surface area contributed by atoms with Gasteiger partial charge < -0.3 is 24.8 Å². The standard InChI is InChI=1S/C45H56O8/c1-26(2)13-10-14-28(5)15-11-16-29(6)20-22-36-42(49)39(32(9)40(47)43(36)50)44-33(25-34(53-44)23-27(3)4)18-12-17-30(7)19-21-35-37(46)24-31(8)38(41(35)48)45(51)52/h13,15,19-20,23-25,46,48-49H,10-12,14,16-18,21-22H2,1-9H3,(H,51,52)/b28-15+,29-20+,30-19+. The Morgan fingerprint density at radius 3 is 1.98 bits per heavy atom. The molecule has 4 N–H and O–H groups in total. The van der Waals surface area contributed by atoms with Crippen LogP contribution in [0.15, 0.2) is 85.6 Å². The molecule has 284 valence electrons. The number of aliphatic hydroxyl groups excluding tert-OH is 1. The van der Waals surface area contributed by atoms with Crippen molar-refractivity contribution in [3.8, 4) is 11.5 Å². The van der Waals surface area contributed by atoms with Crippen molar-refractivity contribution < 1.29 is 39.2 Å². The first-order valence-electron chi connectivity index (χ1n) is 18.3. The first-order valence-corrected chi connectivity index (χ1v) is 18.3. The molecule has 1 heterocycles. The van der Waals surface area contributed by atoms with Gasteiger partial charge in [-0.15, -0.1) is 0 Å². The largest absolute Gasteiger partial charge is 0.508 e. The van der Waals surface area contributed by atoms with Crippen LogP contribution in [0.25, 0.3) is 11.6 Å². The lowest BCUT2D eigenvalue weighted by Gasteiger charge is -2.19. The summed E-state index contributed by atoms with van der Waals surface area (Å²) < 4.78 is 6.27.